The van der Waals surface area contributed by atoms with Gasteiger partial charge in [-0.15, -0.1) is 0 Å². The quantitative estimate of drug-likeness (QED) is 0.807. The average Bonchev–Trinajstić information content (AvgIpc) is 2.53. The molecule has 112 valence electrons. The van der Waals surface area contributed by atoms with Gasteiger partial charge in [0.1, 0.15) is 11.5 Å². The molecule has 0 radical (unpaired) electrons. The fourth-order valence-electron chi connectivity index (χ4n) is 2.42. The Morgan fingerprint density at radius 2 is 1.90 bits per heavy atom. The van der Waals surface area contributed by atoms with Crippen LogP contribution >= 0.6 is 0 Å². The highest BCUT2D eigenvalue weighted by atomic mass is 16.5. The van der Waals surface area contributed by atoms with E-state index in [0.29, 0.717) is 18.3 Å². The molecule has 3 nitrogen and oxygen atoms in total. The lowest BCUT2D eigenvalue weighted by molar-refractivity contribution is 0.408. The number of ether oxygens (including phenoxy) is 1. The molecule has 0 spiro atoms. The molecule has 2 aromatic carbocycles. The highest BCUT2D eigenvalue weighted by molar-refractivity contribution is 5.39. The number of aromatic hydroxyl groups is 1. The molecule has 0 bridgehead atoms. The minimum atomic E-state index is 0.293. The Hall–Kier alpha value is -2.00. The lowest BCUT2D eigenvalue weighted by atomic mass is 10.0. The molecule has 1 unspecified atom stereocenters. The molecule has 0 aliphatic heterocycles. The van der Waals surface area contributed by atoms with Crippen LogP contribution in [-0.2, 0) is 6.54 Å². The van der Waals surface area contributed by atoms with Crippen molar-refractivity contribution in [3.05, 3.63) is 59.7 Å². The summed E-state index contributed by atoms with van der Waals surface area (Å²) >= 11 is 0. The van der Waals surface area contributed by atoms with Crippen LogP contribution in [-0.4, -0.2) is 12.2 Å². The van der Waals surface area contributed by atoms with Crippen LogP contribution in [0, 0.1) is 0 Å². The molecule has 21 heavy (non-hydrogen) atoms. The molecule has 0 aliphatic rings. The summed E-state index contributed by atoms with van der Waals surface area (Å²) in [6.07, 6.45) is 2.17. The van der Waals surface area contributed by atoms with Crippen molar-refractivity contribution in [2.45, 2.75) is 32.4 Å². The molecule has 2 aromatic rings. The first-order valence-electron chi connectivity index (χ1n) is 7.38. The maximum absolute atomic E-state index is 9.95. The van der Waals surface area contributed by atoms with Gasteiger partial charge in [0.2, 0.25) is 0 Å². The van der Waals surface area contributed by atoms with E-state index < -0.39 is 0 Å². The van der Waals surface area contributed by atoms with Gasteiger partial charge in [0.15, 0.2) is 0 Å². The largest absolute Gasteiger partial charge is 0.508 e. The van der Waals surface area contributed by atoms with Gasteiger partial charge in [-0.2, -0.15) is 0 Å². The molecular weight excluding hydrogens is 262 g/mol. The average molecular weight is 285 g/mol. The number of phenols is 1. The van der Waals surface area contributed by atoms with Gasteiger partial charge >= 0.3 is 0 Å². The lowest BCUT2D eigenvalue weighted by Gasteiger charge is -2.19. The zero-order valence-electron chi connectivity index (χ0n) is 12.7. The van der Waals surface area contributed by atoms with Gasteiger partial charge in [-0.25, -0.2) is 0 Å². The summed E-state index contributed by atoms with van der Waals surface area (Å²) < 4.78 is 5.21. The predicted molar refractivity (Wildman–Crippen MR) is 85.6 cm³/mol. The molecule has 0 aliphatic carbocycles. The van der Waals surface area contributed by atoms with Gasteiger partial charge in [0.25, 0.3) is 0 Å². The minimum absolute atomic E-state index is 0.293. The van der Waals surface area contributed by atoms with Crippen molar-refractivity contribution in [3.8, 4) is 11.5 Å². The van der Waals surface area contributed by atoms with Gasteiger partial charge in [-0.3, -0.25) is 0 Å². The second kappa shape index (κ2) is 7.70. The zero-order chi connectivity index (χ0) is 15.1. The van der Waals surface area contributed by atoms with Crippen LogP contribution in [0.25, 0.3) is 0 Å². The van der Waals surface area contributed by atoms with E-state index in [0.717, 1.165) is 24.2 Å². The van der Waals surface area contributed by atoms with Crippen LogP contribution in [0.15, 0.2) is 48.5 Å². The predicted octanol–water partition coefficient (Wildman–Crippen LogP) is 4.03. The van der Waals surface area contributed by atoms with Crippen LogP contribution < -0.4 is 10.1 Å². The van der Waals surface area contributed by atoms with E-state index >= 15 is 0 Å². The summed E-state index contributed by atoms with van der Waals surface area (Å²) in [5, 5.41) is 13.5. The van der Waals surface area contributed by atoms with Crippen molar-refractivity contribution in [2.75, 3.05) is 7.11 Å². The summed E-state index contributed by atoms with van der Waals surface area (Å²) in [6, 6.07) is 16.0. The maximum Gasteiger partial charge on any atom is 0.120 e. The third-order valence-electron chi connectivity index (χ3n) is 3.60. The molecule has 2 rings (SSSR count). The first-order chi connectivity index (χ1) is 10.2. The minimum Gasteiger partial charge on any atom is -0.508 e. The van der Waals surface area contributed by atoms with E-state index in [1.165, 1.54) is 5.56 Å². The number of methoxy groups -OCH3 is 1. The second-order valence-electron chi connectivity index (χ2n) is 5.13. The fraction of sp³-hybridized carbons (Fsp3) is 0.333. The summed E-state index contributed by atoms with van der Waals surface area (Å²) in [4.78, 5) is 0. The van der Waals surface area contributed by atoms with E-state index in [2.05, 4.69) is 36.5 Å². The Balaban J connectivity index is 2.08. The van der Waals surface area contributed by atoms with Gasteiger partial charge in [0.05, 0.1) is 7.11 Å². The fourth-order valence-corrected chi connectivity index (χ4v) is 2.42. The molecule has 0 saturated heterocycles. The van der Waals surface area contributed by atoms with Gasteiger partial charge in [-0.1, -0.05) is 43.7 Å². The zero-order valence-corrected chi connectivity index (χ0v) is 12.7. The Morgan fingerprint density at radius 3 is 2.57 bits per heavy atom. The summed E-state index contributed by atoms with van der Waals surface area (Å²) in [7, 11) is 1.63. The van der Waals surface area contributed by atoms with Gasteiger partial charge in [-0.05, 0) is 30.2 Å². The van der Waals surface area contributed by atoms with Crippen molar-refractivity contribution >= 4 is 0 Å². The van der Waals surface area contributed by atoms with E-state index in [4.69, 9.17) is 4.74 Å². The number of rotatable bonds is 7. The Morgan fingerprint density at radius 1 is 1.14 bits per heavy atom. The monoisotopic (exact) mass is 285 g/mol. The van der Waals surface area contributed by atoms with Crippen LogP contribution in [0.4, 0.5) is 0 Å². The topological polar surface area (TPSA) is 41.5 Å². The van der Waals surface area contributed by atoms with Crippen molar-refractivity contribution < 1.29 is 9.84 Å². The number of hydrogen-bond donors (Lipinski definition) is 2. The molecule has 0 saturated carbocycles. The second-order valence-corrected chi connectivity index (χ2v) is 5.13. The van der Waals surface area contributed by atoms with Crippen molar-refractivity contribution in [3.63, 3.8) is 0 Å². The Labute approximate surface area is 126 Å². The molecule has 0 amide bonds. The summed E-state index contributed by atoms with van der Waals surface area (Å²) in [5.41, 5.74) is 2.13. The molecule has 0 heterocycles. The number of hydrogen-bond acceptors (Lipinski definition) is 3. The van der Waals surface area contributed by atoms with Crippen LogP contribution in [0.1, 0.15) is 36.9 Å². The highest BCUT2D eigenvalue weighted by Crippen LogP contribution is 2.24. The highest BCUT2D eigenvalue weighted by Gasteiger charge is 2.11. The number of benzene rings is 2. The Kier molecular flexibility index (Phi) is 5.64. The van der Waals surface area contributed by atoms with Crippen molar-refractivity contribution in [1.29, 1.82) is 0 Å². The molecule has 0 fully saturated rings. The van der Waals surface area contributed by atoms with Crippen LogP contribution in [0.2, 0.25) is 0 Å². The van der Waals surface area contributed by atoms with Gasteiger partial charge < -0.3 is 15.2 Å². The van der Waals surface area contributed by atoms with E-state index in [1.54, 1.807) is 19.2 Å². The van der Waals surface area contributed by atoms with Crippen LogP contribution in [0.5, 0.6) is 11.5 Å². The molecule has 2 N–H and O–H groups in total. The third kappa shape index (κ3) is 4.23. The number of nitrogens with one attached hydrogen (secondary N) is 1. The smallest absolute Gasteiger partial charge is 0.120 e. The summed E-state index contributed by atoms with van der Waals surface area (Å²) in [6.45, 7) is 2.79. The van der Waals surface area contributed by atoms with Crippen molar-refractivity contribution in [1.82, 2.24) is 5.32 Å². The SMILES string of the molecule is CCCC(NCc1cc(OC)ccc1O)c1ccccc1. The number of phenolic OH excluding ortho intramolecular Hbond substituents is 1. The van der Waals surface area contributed by atoms with E-state index in [9.17, 15) is 5.11 Å². The molecule has 0 aromatic heterocycles. The molecule has 1 atom stereocenters. The van der Waals surface area contributed by atoms with E-state index in [-0.39, 0.29) is 0 Å². The van der Waals surface area contributed by atoms with E-state index in [1.807, 2.05) is 12.1 Å². The maximum atomic E-state index is 9.95. The summed E-state index contributed by atoms with van der Waals surface area (Å²) in [5.74, 6) is 1.06. The molecule has 3 heteroatoms. The Bertz CT molecular complexity index is 554. The van der Waals surface area contributed by atoms with Crippen molar-refractivity contribution in [2.24, 2.45) is 0 Å². The normalized spacial score (nSPS) is 12.1. The molecular formula is C18H23NO2. The van der Waals surface area contributed by atoms with Crippen LogP contribution in [0.3, 0.4) is 0 Å². The third-order valence-corrected chi connectivity index (χ3v) is 3.60. The first-order valence-corrected chi connectivity index (χ1v) is 7.38. The first kappa shape index (κ1) is 15.4. The van der Waals surface area contributed by atoms with Gasteiger partial charge in [0, 0.05) is 18.2 Å². The standard InChI is InChI=1S/C18H23NO2/c1-3-7-17(14-8-5-4-6-9-14)19-13-15-12-16(21-2)10-11-18(15)20/h4-6,8-12,17,19-20H,3,7,13H2,1-2H3. The lowest BCUT2D eigenvalue weighted by Crippen LogP contribution is -2.20.